The molecule has 1 fully saturated rings. The molecule has 1 aliphatic heterocycles. The third kappa shape index (κ3) is 6.66. The van der Waals surface area contributed by atoms with Crippen LogP contribution in [0.5, 0.6) is 0 Å². The van der Waals surface area contributed by atoms with Crippen LogP contribution in [0.3, 0.4) is 0 Å². The Morgan fingerprint density at radius 1 is 1.00 bits per heavy atom. The van der Waals surface area contributed by atoms with Gasteiger partial charge in [0.05, 0.1) is 23.6 Å². The Labute approximate surface area is 176 Å². The molecule has 0 bridgehead atoms. The van der Waals surface area contributed by atoms with Gasteiger partial charge in [0.2, 0.25) is 5.91 Å². The van der Waals surface area contributed by atoms with Crippen LogP contribution in [-0.4, -0.2) is 42.0 Å². The van der Waals surface area contributed by atoms with Crippen LogP contribution in [0.4, 0.5) is 0 Å². The fourth-order valence-corrected chi connectivity index (χ4v) is 4.37. The second kappa shape index (κ2) is 10.0. The molecule has 2 aromatic rings. The first kappa shape index (κ1) is 21.5. The van der Waals surface area contributed by atoms with Gasteiger partial charge < -0.3 is 15.4 Å². The Balaban J connectivity index is 1.47. The number of nitrogens with zero attached hydrogens (tertiary/aromatic N) is 1. The number of carbonyl (C=O) groups is 2. The first-order chi connectivity index (χ1) is 13.9. The Morgan fingerprint density at radius 3 is 2.31 bits per heavy atom. The van der Waals surface area contributed by atoms with Crippen LogP contribution >= 0.6 is 11.3 Å². The molecule has 2 amide bonds. The highest BCUT2D eigenvalue weighted by Gasteiger charge is 2.21. The van der Waals surface area contributed by atoms with Gasteiger partial charge in [-0.25, -0.2) is 0 Å². The molecule has 0 spiro atoms. The van der Waals surface area contributed by atoms with Crippen molar-refractivity contribution < 1.29 is 14.3 Å². The summed E-state index contributed by atoms with van der Waals surface area (Å²) in [7, 11) is 0. The lowest BCUT2D eigenvalue weighted by molar-refractivity contribution is -0.119. The molecule has 0 radical (unpaired) electrons. The molecule has 3 rings (SSSR count). The SMILES string of the molecule is CC(=O)NCc1ccc(C(=O)NCc2ccc(CN3CC(C)OC(C)C3)cc2)s1. The summed E-state index contributed by atoms with van der Waals surface area (Å²) >= 11 is 1.40. The highest BCUT2D eigenvalue weighted by molar-refractivity contribution is 7.14. The maximum atomic E-state index is 12.4. The van der Waals surface area contributed by atoms with E-state index >= 15 is 0 Å². The summed E-state index contributed by atoms with van der Waals surface area (Å²) in [5, 5.41) is 5.70. The molecule has 2 heterocycles. The normalized spacial score (nSPS) is 19.7. The molecule has 7 heteroatoms. The lowest BCUT2D eigenvalue weighted by Crippen LogP contribution is -2.44. The van der Waals surface area contributed by atoms with Crippen molar-refractivity contribution in [3.05, 3.63) is 57.3 Å². The lowest BCUT2D eigenvalue weighted by atomic mass is 10.1. The minimum atomic E-state index is -0.0931. The fraction of sp³-hybridized carbons (Fsp3) is 0.455. The average Bonchev–Trinajstić information content (AvgIpc) is 3.14. The Bertz CT molecular complexity index is 824. The van der Waals surface area contributed by atoms with Gasteiger partial charge in [0.15, 0.2) is 0 Å². The Kier molecular flexibility index (Phi) is 7.41. The van der Waals surface area contributed by atoms with Gasteiger partial charge in [-0.1, -0.05) is 24.3 Å². The van der Waals surface area contributed by atoms with Crippen molar-refractivity contribution in [3.63, 3.8) is 0 Å². The molecule has 1 aliphatic rings. The molecule has 0 saturated carbocycles. The molecular weight excluding hydrogens is 386 g/mol. The molecule has 29 heavy (non-hydrogen) atoms. The fourth-order valence-electron chi connectivity index (χ4n) is 3.51. The van der Waals surface area contributed by atoms with Gasteiger partial charge in [-0.3, -0.25) is 14.5 Å². The number of morpholine rings is 1. The van der Waals surface area contributed by atoms with E-state index in [4.69, 9.17) is 4.74 Å². The minimum Gasteiger partial charge on any atom is -0.373 e. The van der Waals surface area contributed by atoms with Crippen LogP contribution in [0.25, 0.3) is 0 Å². The van der Waals surface area contributed by atoms with E-state index in [1.807, 2.05) is 6.07 Å². The van der Waals surface area contributed by atoms with E-state index in [0.717, 1.165) is 30.1 Å². The zero-order valence-electron chi connectivity index (χ0n) is 17.2. The van der Waals surface area contributed by atoms with E-state index in [1.54, 1.807) is 6.07 Å². The molecule has 6 nitrogen and oxygen atoms in total. The van der Waals surface area contributed by atoms with Gasteiger partial charge in [-0.05, 0) is 37.1 Å². The number of amides is 2. The third-order valence-electron chi connectivity index (χ3n) is 4.77. The molecule has 1 saturated heterocycles. The molecule has 156 valence electrons. The van der Waals surface area contributed by atoms with Crippen molar-refractivity contribution in [1.29, 1.82) is 0 Å². The van der Waals surface area contributed by atoms with Crippen molar-refractivity contribution in [2.24, 2.45) is 0 Å². The summed E-state index contributed by atoms with van der Waals surface area (Å²) in [6, 6.07) is 12.1. The van der Waals surface area contributed by atoms with E-state index < -0.39 is 0 Å². The van der Waals surface area contributed by atoms with Crippen molar-refractivity contribution in [3.8, 4) is 0 Å². The number of hydrogen-bond donors (Lipinski definition) is 2. The number of rotatable bonds is 7. The van der Waals surface area contributed by atoms with Gasteiger partial charge >= 0.3 is 0 Å². The number of benzene rings is 1. The maximum Gasteiger partial charge on any atom is 0.261 e. The summed E-state index contributed by atoms with van der Waals surface area (Å²) < 4.78 is 5.79. The van der Waals surface area contributed by atoms with Crippen molar-refractivity contribution in [2.45, 2.75) is 52.6 Å². The molecule has 2 unspecified atom stereocenters. The maximum absolute atomic E-state index is 12.4. The summed E-state index contributed by atoms with van der Waals surface area (Å²) in [6.45, 7) is 9.47. The second-order valence-corrected chi connectivity index (χ2v) is 8.79. The zero-order valence-corrected chi connectivity index (χ0v) is 18.1. The summed E-state index contributed by atoms with van der Waals surface area (Å²) in [5.41, 5.74) is 2.34. The van der Waals surface area contributed by atoms with E-state index in [1.165, 1.54) is 23.8 Å². The number of hydrogen-bond acceptors (Lipinski definition) is 5. The molecule has 0 aliphatic carbocycles. The molecule has 2 N–H and O–H groups in total. The largest absolute Gasteiger partial charge is 0.373 e. The van der Waals surface area contributed by atoms with Crippen molar-refractivity contribution in [2.75, 3.05) is 13.1 Å². The number of ether oxygens (including phenoxy) is 1. The monoisotopic (exact) mass is 415 g/mol. The highest BCUT2D eigenvalue weighted by atomic mass is 32.1. The van der Waals surface area contributed by atoms with Gasteiger partial charge in [0.1, 0.15) is 0 Å². The Hall–Kier alpha value is -2.22. The van der Waals surface area contributed by atoms with E-state index in [2.05, 4.69) is 53.6 Å². The van der Waals surface area contributed by atoms with Crippen molar-refractivity contribution >= 4 is 23.2 Å². The van der Waals surface area contributed by atoms with Crippen LogP contribution in [-0.2, 0) is 29.2 Å². The van der Waals surface area contributed by atoms with Gasteiger partial charge in [-0.15, -0.1) is 11.3 Å². The van der Waals surface area contributed by atoms with E-state index in [0.29, 0.717) is 18.0 Å². The minimum absolute atomic E-state index is 0.0782. The van der Waals surface area contributed by atoms with E-state index in [9.17, 15) is 9.59 Å². The standard InChI is InChI=1S/C22H29N3O3S/c1-15-12-25(13-16(2)28-15)14-19-6-4-18(5-7-19)10-24-22(27)21-9-8-20(29-21)11-23-17(3)26/h4-9,15-16H,10-14H2,1-3H3,(H,23,26)(H,24,27). The molecule has 2 atom stereocenters. The van der Waals surface area contributed by atoms with Crippen molar-refractivity contribution in [1.82, 2.24) is 15.5 Å². The van der Waals surface area contributed by atoms with E-state index in [-0.39, 0.29) is 24.0 Å². The zero-order chi connectivity index (χ0) is 20.8. The van der Waals surface area contributed by atoms with Crippen LogP contribution in [0.2, 0.25) is 0 Å². The molecule has 1 aromatic heterocycles. The number of nitrogens with one attached hydrogen (secondary N) is 2. The summed E-state index contributed by atoms with van der Waals surface area (Å²) in [6.07, 6.45) is 0.536. The van der Waals surface area contributed by atoms with Crippen LogP contribution < -0.4 is 10.6 Å². The predicted octanol–water partition coefficient (Wildman–Crippen LogP) is 2.92. The van der Waals surface area contributed by atoms with Gasteiger partial charge in [-0.2, -0.15) is 0 Å². The lowest BCUT2D eigenvalue weighted by Gasteiger charge is -2.35. The summed E-state index contributed by atoms with van der Waals surface area (Å²) in [4.78, 5) is 27.4. The predicted molar refractivity (Wildman–Crippen MR) is 115 cm³/mol. The first-order valence-corrected chi connectivity index (χ1v) is 10.8. The second-order valence-electron chi connectivity index (χ2n) is 7.63. The van der Waals surface area contributed by atoms with Crippen LogP contribution in [0.1, 0.15) is 46.4 Å². The average molecular weight is 416 g/mol. The molecule has 1 aromatic carbocycles. The smallest absolute Gasteiger partial charge is 0.261 e. The summed E-state index contributed by atoms with van der Waals surface area (Å²) in [5.74, 6) is -0.171. The quantitative estimate of drug-likeness (QED) is 0.730. The topological polar surface area (TPSA) is 70.7 Å². The van der Waals surface area contributed by atoms with Gasteiger partial charge in [0.25, 0.3) is 5.91 Å². The van der Waals surface area contributed by atoms with Crippen LogP contribution in [0, 0.1) is 0 Å². The number of thiophene rings is 1. The Morgan fingerprint density at radius 2 is 1.66 bits per heavy atom. The van der Waals surface area contributed by atoms with Gasteiger partial charge in [0, 0.05) is 38.0 Å². The molecular formula is C22H29N3O3S. The third-order valence-corrected chi connectivity index (χ3v) is 5.86. The first-order valence-electron chi connectivity index (χ1n) is 9.96. The highest BCUT2D eigenvalue weighted by Crippen LogP contribution is 2.17. The van der Waals surface area contributed by atoms with Crippen LogP contribution in [0.15, 0.2) is 36.4 Å². The number of carbonyl (C=O) groups excluding carboxylic acids is 2.